The molecule has 0 spiro atoms. The van der Waals surface area contributed by atoms with E-state index in [9.17, 15) is 0 Å². The van der Waals surface area contributed by atoms with Crippen molar-refractivity contribution in [3.8, 4) is 0 Å². The van der Waals surface area contributed by atoms with Gasteiger partial charge < -0.3 is 34.3 Å². The predicted octanol–water partition coefficient (Wildman–Crippen LogP) is 12.2. The van der Waals surface area contributed by atoms with E-state index in [4.69, 9.17) is 0 Å². The van der Waals surface area contributed by atoms with Crippen LogP contribution in [-0.2, 0) is 0 Å². The molecule has 0 saturated carbocycles. The second-order valence-electron chi connectivity index (χ2n) is 19.8. The summed E-state index contributed by atoms with van der Waals surface area (Å²) in [6.07, 6.45) is 0. The van der Waals surface area contributed by atoms with Crippen LogP contribution in [0.1, 0.15) is 5.56 Å². The van der Waals surface area contributed by atoms with Gasteiger partial charge in [0.25, 0.3) is 13.4 Å². The fourth-order valence-electron chi connectivity index (χ4n) is 13.8. The van der Waals surface area contributed by atoms with Gasteiger partial charge in [0.1, 0.15) is 0 Å². The van der Waals surface area contributed by atoms with Gasteiger partial charge in [0.15, 0.2) is 0 Å². The van der Waals surface area contributed by atoms with Gasteiger partial charge in [-0.2, -0.15) is 11.3 Å². The van der Waals surface area contributed by atoms with E-state index in [2.05, 4.69) is 249 Å². The lowest BCUT2D eigenvalue weighted by Gasteiger charge is -2.52. The SMILES string of the molecule is Cc1cc2c3c4c1N(C)c1ccccc1N4c1ccccc1B3c1sc3c4c1N2c1ccccc1N4c1cc(N(c2ccccc2)c2ccccc2)c2c4c1B3c1ccccc1N4c1ccccc1N2C. The number of hydrogen-bond acceptors (Lipinski definition) is 8. The molecule has 9 aromatic carbocycles. The molecule has 0 N–H and O–H groups in total. The van der Waals surface area contributed by atoms with E-state index in [1.807, 2.05) is 11.3 Å². The molecule has 7 aliphatic heterocycles. The molecular formula is C61H41B2N7S. The normalized spacial score (nSPS) is 14.7. The van der Waals surface area contributed by atoms with Crippen molar-refractivity contribution in [1.29, 1.82) is 0 Å². The average molecular weight is 926 g/mol. The molecule has 0 fully saturated rings. The van der Waals surface area contributed by atoms with E-state index in [-0.39, 0.29) is 13.4 Å². The van der Waals surface area contributed by atoms with Gasteiger partial charge in [-0.15, -0.1) is 0 Å². The Morgan fingerprint density at radius 3 is 1.21 bits per heavy atom. The van der Waals surface area contributed by atoms with E-state index in [0.29, 0.717) is 0 Å². The molecule has 0 bridgehead atoms. The molecule has 0 radical (unpaired) electrons. The van der Waals surface area contributed by atoms with Gasteiger partial charge in [-0.25, -0.2) is 0 Å². The van der Waals surface area contributed by atoms with Crippen molar-refractivity contribution in [3.63, 3.8) is 0 Å². The molecule has 71 heavy (non-hydrogen) atoms. The van der Waals surface area contributed by atoms with Crippen LogP contribution in [-0.4, -0.2) is 27.5 Å². The Labute approximate surface area is 417 Å². The summed E-state index contributed by atoms with van der Waals surface area (Å²) >= 11 is 2.05. The number of fused-ring (bicyclic) bond motifs is 17. The number of nitrogens with zero attached hydrogens (tertiary/aromatic N) is 7. The van der Waals surface area contributed by atoms with Crippen molar-refractivity contribution in [2.24, 2.45) is 0 Å². The maximum atomic E-state index is 2.67. The number of benzene rings is 9. The van der Waals surface area contributed by atoms with E-state index < -0.39 is 0 Å². The smallest absolute Gasteiger partial charge is 0.264 e. The molecule has 8 heterocycles. The van der Waals surface area contributed by atoms with E-state index in [1.54, 1.807) is 0 Å². The second-order valence-corrected chi connectivity index (χ2v) is 20.9. The first kappa shape index (κ1) is 38.3. The molecule has 0 aliphatic carbocycles. The minimum Gasteiger partial charge on any atom is -0.341 e. The number of rotatable bonds is 3. The van der Waals surface area contributed by atoms with Crippen LogP contribution in [0, 0.1) is 6.92 Å². The number of aryl methyl sites for hydroxylation is 1. The van der Waals surface area contributed by atoms with Crippen LogP contribution in [0.4, 0.5) is 108 Å². The molecule has 0 saturated heterocycles. The minimum absolute atomic E-state index is 0.0204. The zero-order valence-corrected chi connectivity index (χ0v) is 40.0. The highest BCUT2D eigenvalue weighted by Crippen LogP contribution is 2.64. The fourth-order valence-corrected chi connectivity index (χ4v) is 15.3. The van der Waals surface area contributed by atoms with Crippen molar-refractivity contribution >= 4 is 164 Å². The largest absolute Gasteiger partial charge is 0.341 e. The van der Waals surface area contributed by atoms with Crippen LogP contribution in [0.5, 0.6) is 0 Å². The second kappa shape index (κ2) is 13.4. The molecule has 10 heteroatoms. The molecule has 7 nitrogen and oxygen atoms in total. The Morgan fingerprint density at radius 2 is 0.718 bits per heavy atom. The zero-order valence-electron chi connectivity index (χ0n) is 39.2. The predicted molar refractivity (Wildman–Crippen MR) is 301 cm³/mol. The van der Waals surface area contributed by atoms with Crippen LogP contribution in [0.3, 0.4) is 0 Å². The fraction of sp³-hybridized carbons (Fsp3) is 0.0492. The van der Waals surface area contributed by atoms with Gasteiger partial charge in [-0.1, -0.05) is 109 Å². The monoisotopic (exact) mass is 925 g/mol. The van der Waals surface area contributed by atoms with Gasteiger partial charge >= 0.3 is 0 Å². The Morgan fingerprint density at radius 1 is 0.352 bits per heavy atom. The van der Waals surface area contributed by atoms with Gasteiger partial charge in [0.2, 0.25) is 0 Å². The van der Waals surface area contributed by atoms with Crippen molar-refractivity contribution in [2.75, 3.05) is 48.4 Å². The number of anilines is 19. The maximum absolute atomic E-state index is 2.67. The number of thiophene rings is 1. The summed E-state index contributed by atoms with van der Waals surface area (Å²) in [6, 6.07) is 72.5. The van der Waals surface area contributed by atoms with Crippen molar-refractivity contribution < 1.29 is 0 Å². The van der Waals surface area contributed by atoms with Gasteiger partial charge in [0.05, 0.1) is 73.9 Å². The van der Waals surface area contributed by atoms with E-state index in [0.717, 1.165) is 17.1 Å². The first-order chi connectivity index (χ1) is 35.1. The van der Waals surface area contributed by atoms with Crippen LogP contribution in [0.2, 0.25) is 0 Å². The molecule has 7 aliphatic rings. The maximum Gasteiger partial charge on any atom is 0.264 e. The average Bonchev–Trinajstić information content (AvgIpc) is 3.81. The van der Waals surface area contributed by atoms with Crippen molar-refractivity contribution in [1.82, 2.24) is 0 Å². The van der Waals surface area contributed by atoms with Gasteiger partial charge in [0, 0.05) is 57.8 Å². The molecule has 0 unspecified atom stereocenters. The summed E-state index contributed by atoms with van der Waals surface area (Å²) in [5.74, 6) is 0. The molecule has 332 valence electrons. The minimum atomic E-state index is -0.0260. The summed E-state index contributed by atoms with van der Waals surface area (Å²) in [7, 11) is 4.53. The lowest BCUT2D eigenvalue weighted by molar-refractivity contribution is 1.10. The zero-order chi connectivity index (χ0) is 46.5. The molecule has 10 aromatic rings. The topological polar surface area (TPSA) is 22.7 Å². The molecule has 17 rings (SSSR count). The first-order valence-electron chi connectivity index (χ1n) is 24.6. The van der Waals surface area contributed by atoms with Gasteiger partial charge in [-0.05, 0) is 119 Å². The third-order valence-corrected chi connectivity index (χ3v) is 17.7. The highest BCUT2D eigenvalue weighted by molar-refractivity contribution is 7.39. The molecule has 1 aromatic heterocycles. The number of hydrogen-bond donors (Lipinski definition) is 0. The highest BCUT2D eigenvalue weighted by atomic mass is 32.1. The Hall–Kier alpha value is -8.59. The molecule has 0 atom stereocenters. The lowest BCUT2D eigenvalue weighted by Crippen LogP contribution is -2.61. The van der Waals surface area contributed by atoms with Crippen molar-refractivity contribution in [2.45, 2.75) is 6.92 Å². The summed E-state index contributed by atoms with van der Waals surface area (Å²) in [6.45, 7) is 2.31. The molecular weight excluding hydrogens is 884 g/mol. The quantitative estimate of drug-likeness (QED) is 0.163. The number of para-hydroxylation sites is 10. The lowest BCUT2D eigenvalue weighted by atomic mass is 9.35. The van der Waals surface area contributed by atoms with Gasteiger partial charge in [-0.3, -0.25) is 0 Å². The van der Waals surface area contributed by atoms with Crippen LogP contribution in [0.25, 0.3) is 0 Å². The third-order valence-electron chi connectivity index (χ3n) is 16.4. The van der Waals surface area contributed by atoms with Crippen LogP contribution in [0.15, 0.2) is 194 Å². The standard InChI is InChI=1S/C61H41B2N7S/c1-36-34-49-52-56-54(36)64(2)43-28-14-16-30-45(43)67(56)41-26-12-10-24-39(41)62(52)60-58-59-61(71-60)63-40-25-11-13-27-42(40)68-46-31-17-15-29-44(46)65(3)55-51(66(37-20-6-4-7-21-37)38-22-8-5-9-23-38)35-50(53(63)57(55)68)70(59)48-33-19-18-32-47(48)69(49)58/h4-35H,1-3H3. The van der Waals surface area contributed by atoms with Crippen molar-refractivity contribution in [3.05, 3.63) is 200 Å². The first-order valence-corrected chi connectivity index (χ1v) is 25.5. The Bertz CT molecular complexity index is 3980. The van der Waals surface area contributed by atoms with Crippen LogP contribution >= 0.6 is 11.3 Å². The third kappa shape index (κ3) is 4.54. The van der Waals surface area contributed by atoms with E-state index in [1.165, 1.54) is 128 Å². The highest BCUT2D eigenvalue weighted by Gasteiger charge is 2.56. The molecule has 0 amide bonds. The Balaban J connectivity index is 1.02. The summed E-state index contributed by atoms with van der Waals surface area (Å²) in [5.41, 5.74) is 29.8. The van der Waals surface area contributed by atoms with Crippen LogP contribution < -0.4 is 65.7 Å². The Kier molecular flexibility index (Phi) is 7.22. The summed E-state index contributed by atoms with van der Waals surface area (Å²) in [4.78, 5) is 17.9. The van der Waals surface area contributed by atoms with E-state index >= 15 is 0 Å². The summed E-state index contributed by atoms with van der Waals surface area (Å²) in [5, 5.41) is 0. The summed E-state index contributed by atoms with van der Waals surface area (Å²) < 4.78 is 2.80.